The van der Waals surface area contributed by atoms with Crippen molar-refractivity contribution in [2.45, 2.75) is 19.9 Å². The van der Waals surface area contributed by atoms with Gasteiger partial charge in [-0.3, -0.25) is 0 Å². The molecule has 1 heterocycles. The van der Waals surface area contributed by atoms with E-state index < -0.39 is 11.8 Å². The molecular formula is C17H24FN3O3. The van der Waals surface area contributed by atoms with Gasteiger partial charge in [0.2, 0.25) is 0 Å². The number of halogens is 1. The molecule has 0 bridgehead atoms. The molecule has 1 aliphatic heterocycles. The first kappa shape index (κ1) is 18.2. The van der Waals surface area contributed by atoms with Crippen LogP contribution in [0.5, 0.6) is 0 Å². The van der Waals surface area contributed by atoms with Crippen molar-refractivity contribution in [1.29, 1.82) is 0 Å². The SMILES string of the molecule is CCCN(Cc1ccc(C(=O)O)cc1F)C(=O)N1CCN(C)CC1. The van der Waals surface area contributed by atoms with E-state index in [0.29, 0.717) is 25.2 Å². The van der Waals surface area contributed by atoms with Crippen molar-refractivity contribution in [3.05, 3.63) is 35.1 Å². The predicted molar refractivity (Wildman–Crippen MR) is 88.5 cm³/mol. The summed E-state index contributed by atoms with van der Waals surface area (Å²) in [4.78, 5) is 29.2. The van der Waals surface area contributed by atoms with E-state index in [-0.39, 0.29) is 18.1 Å². The highest BCUT2D eigenvalue weighted by atomic mass is 19.1. The van der Waals surface area contributed by atoms with Crippen LogP contribution in [0, 0.1) is 5.82 Å². The van der Waals surface area contributed by atoms with E-state index in [1.165, 1.54) is 12.1 Å². The van der Waals surface area contributed by atoms with E-state index >= 15 is 0 Å². The second-order valence-electron chi connectivity index (χ2n) is 6.11. The number of aromatic carboxylic acids is 1. The summed E-state index contributed by atoms with van der Waals surface area (Å²) in [5.41, 5.74) is 0.236. The van der Waals surface area contributed by atoms with Crippen molar-refractivity contribution in [2.75, 3.05) is 39.8 Å². The minimum Gasteiger partial charge on any atom is -0.478 e. The number of carbonyl (C=O) groups is 2. The summed E-state index contributed by atoms with van der Waals surface area (Å²) in [5, 5.41) is 8.90. The maximum Gasteiger partial charge on any atom is 0.335 e. The molecule has 0 aromatic heterocycles. The number of hydrogen-bond donors (Lipinski definition) is 1. The van der Waals surface area contributed by atoms with Gasteiger partial charge < -0.3 is 19.8 Å². The minimum absolute atomic E-state index is 0.0911. The molecule has 1 aromatic rings. The molecule has 1 saturated heterocycles. The van der Waals surface area contributed by atoms with Gasteiger partial charge in [-0.25, -0.2) is 14.0 Å². The summed E-state index contributed by atoms with van der Waals surface area (Å²) in [7, 11) is 2.02. The van der Waals surface area contributed by atoms with E-state index in [4.69, 9.17) is 5.11 Å². The molecule has 1 aliphatic rings. The molecule has 6 nitrogen and oxygen atoms in total. The van der Waals surface area contributed by atoms with E-state index in [1.54, 1.807) is 9.80 Å². The number of urea groups is 1. The Morgan fingerprint density at radius 1 is 1.25 bits per heavy atom. The highest BCUT2D eigenvalue weighted by Gasteiger charge is 2.24. The molecule has 24 heavy (non-hydrogen) atoms. The topological polar surface area (TPSA) is 64.1 Å². The van der Waals surface area contributed by atoms with Gasteiger partial charge in [-0.05, 0) is 25.6 Å². The number of carboxylic acid groups (broad SMARTS) is 1. The Morgan fingerprint density at radius 2 is 1.92 bits per heavy atom. The lowest BCUT2D eigenvalue weighted by Crippen LogP contribution is -2.51. The van der Waals surface area contributed by atoms with Crippen LogP contribution in [0.15, 0.2) is 18.2 Å². The van der Waals surface area contributed by atoms with Crippen LogP contribution in [0.2, 0.25) is 0 Å². The van der Waals surface area contributed by atoms with Gasteiger partial charge in [0.05, 0.1) is 12.1 Å². The van der Waals surface area contributed by atoms with E-state index in [1.807, 2.05) is 14.0 Å². The molecule has 0 radical (unpaired) electrons. The number of benzene rings is 1. The first-order chi connectivity index (χ1) is 11.4. The van der Waals surface area contributed by atoms with Crippen LogP contribution in [0.3, 0.4) is 0 Å². The van der Waals surface area contributed by atoms with Crippen molar-refractivity contribution in [3.8, 4) is 0 Å². The van der Waals surface area contributed by atoms with Crippen molar-refractivity contribution >= 4 is 12.0 Å². The fourth-order valence-corrected chi connectivity index (χ4v) is 2.72. The lowest BCUT2D eigenvalue weighted by atomic mass is 10.1. The molecule has 0 unspecified atom stereocenters. The Labute approximate surface area is 141 Å². The first-order valence-electron chi connectivity index (χ1n) is 8.16. The minimum atomic E-state index is -1.17. The summed E-state index contributed by atoms with van der Waals surface area (Å²) < 4.78 is 14.1. The third-order valence-electron chi connectivity index (χ3n) is 4.20. The van der Waals surface area contributed by atoms with Crippen LogP contribution in [-0.2, 0) is 6.54 Å². The Bertz CT molecular complexity index is 601. The van der Waals surface area contributed by atoms with Crippen LogP contribution in [0.25, 0.3) is 0 Å². The Hall–Kier alpha value is -2.15. The lowest BCUT2D eigenvalue weighted by molar-refractivity contribution is 0.0696. The maximum atomic E-state index is 14.1. The van der Waals surface area contributed by atoms with Gasteiger partial charge in [-0.15, -0.1) is 0 Å². The predicted octanol–water partition coefficient (Wildman–Crippen LogP) is 2.10. The molecule has 0 atom stereocenters. The van der Waals surface area contributed by atoms with E-state index in [2.05, 4.69) is 4.90 Å². The standard InChI is InChI=1S/C17H24FN3O3/c1-3-6-21(17(24)20-9-7-19(2)8-10-20)12-14-5-4-13(16(22)23)11-15(14)18/h4-5,11H,3,6-10,12H2,1-2H3,(H,22,23). The molecular weight excluding hydrogens is 313 g/mol. The van der Waals surface area contributed by atoms with Crippen molar-refractivity contribution in [1.82, 2.24) is 14.7 Å². The Morgan fingerprint density at radius 3 is 2.46 bits per heavy atom. The molecule has 0 aliphatic carbocycles. The van der Waals surface area contributed by atoms with Crippen LogP contribution in [-0.4, -0.2) is 71.6 Å². The summed E-state index contributed by atoms with van der Waals surface area (Å²) in [6, 6.07) is 3.72. The largest absolute Gasteiger partial charge is 0.478 e. The van der Waals surface area contributed by atoms with Gasteiger partial charge in [-0.2, -0.15) is 0 Å². The number of likely N-dealkylation sites (N-methyl/N-ethyl adjacent to an activating group) is 1. The van der Waals surface area contributed by atoms with Gasteiger partial charge in [0, 0.05) is 38.3 Å². The van der Waals surface area contributed by atoms with E-state index in [9.17, 15) is 14.0 Å². The Kier molecular flexibility index (Phi) is 6.14. The van der Waals surface area contributed by atoms with Crippen LogP contribution in [0.1, 0.15) is 29.3 Å². The monoisotopic (exact) mass is 337 g/mol. The number of rotatable bonds is 5. The summed E-state index contributed by atoms with van der Waals surface area (Å²) in [6.45, 7) is 5.62. The second-order valence-corrected chi connectivity index (χ2v) is 6.11. The molecule has 2 amide bonds. The van der Waals surface area contributed by atoms with Crippen molar-refractivity contribution < 1.29 is 19.1 Å². The quantitative estimate of drug-likeness (QED) is 0.894. The van der Waals surface area contributed by atoms with Crippen LogP contribution in [0.4, 0.5) is 9.18 Å². The van der Waals surface area contributed by atoms with Crippen LogP contribution < -0.4 is 0 Å². The summed E-state index contributed by atoms with van der Waals surface area (Å²) >= 11 is 0. The van der Waals surface area contributed by atoms with Crippen LogP contribution >= 0.6 is 0 Å². The normalized spacial score (nSPS) is 15.4. The molecule has 7 heteroatoms. The number of amides is 2. The Balaban J connectivity index is 2.10. The lowest BCUT2D eigenvalue weighted by Gasteiger charge is -2.36. The average molecular weight is 337 g/mol. The summed E-state index contributed by atoms with van der Waals surface area (Å²) in [5.74, 6) is -1.76. The zero-order chi connectivity index (χ0) is 17.7. The summed E-state index contributed by atoms with van der Waals surface area (Å²) in [6.07, 6.45) is 0.772. The number of carboxylic acids is 1. The molecule has 0 saturated carbocycles. The highest BCUT2D eigenvalue weighted by molar-refractivity contribution is 5.87. The molecule has 1 aromatic carbocycles. The average Bonchev–Trinajstić information content (AvgIpc) is 2.56. The molecule has 1 N–H and O–H groups in total. The second kappa shape index (κ2) is 8.10. The van der Waals surface area contributed by atoms with Gasteiger partial charge in [0.15, 0.2) is 0 Å². The fraction of sp³-hybridized carbons (Fsp3) is 0.529. The number of carbonyl (C=O) groups excluding carboxylic acids is 1. The zero-order valence-corrected chi connectivity index (χ0v) is 14.2. The number of piperazine rings is 1. The third-order valence-corrected chi connectivity index (χ3v) is 4.20. The number of nitrogens with zero attached hydrogens (tertiary/aromatic N) is 3. The van der Waals surface area contributed by atoms with Gasteiger partial charge in [0.1, 0.15) is 5.82 Å². The van der Waals surface area contributed by atoms with E-state index in [0.717, 1.165) is 25.6 Å². The van der Waals surface area contributed by atoms with Crippen molar-refractivity contribution in [3.63, 3.8) is 0 Å². The third kappa shape index (κ3) is 4.44. The van der Waals surface area contributed by atoms with Gasteiger partial charge in [0.25, 0.3) is 0 Å². The van der Waals surface area contributed by atoms with Gasteiger partial charge >= 0.3 is 12.0 Å². The number of hydrogen-bond acceptors (Lipinski definition) is 3. The first-order valence-corrected chi connectivity index (χ1v) is 8.16. The molecule has 1 fully saturated rings. The molecule has 0 spiro atoms. The molecule has 2 rings (SSSR count). The smallest absolute Gasteiger partial charge is 0.335 e. The molecule has 132 valence electrons. The zero-order valence-electron chi connectivity index (χ0n) is 14.2. The van der Waals surface area contributed by atoms with Crippen molar-refractivity contribution in [2.24, 2.45) is 0 Å². The van der Waals surface area contributed by atoms with Gasteiger partial charge in [-0.1, -0.05) is 13.0 Å². The maximum absolute atomic E-state index is 14.1. The highest BCUT2D eigenvalue weighted by Crippen LogP contribution is 2.15. The fourth-order valence-electron chi connectivity index (χ4n) is 2.72.